The molecule has 0 aliphatic carbocycles. The molecule has 0 bridgehead atoms. The highest BCUT2D eigenvalue weighted by atomic mass is 16.2. The summed E-state index contributed by atoms with van der Waals surface area (Å²) in [6.45, 7) is 5.02. The van der Waals surface area contributed by atoms with Crippen LogP contribution >= 0.6 is 0 Å². The Balaban J connectivity index is 2.18. The highest BCUT2D eigenvalue weighted by molar-refractivity contribution is 5.82. The molecule has 98 valence electrons. The van der Waals surface area contributed by atoms with Crippen LogP contribution in [0.5, 0.6) is 0 Å². The molecule has 3 N–H and O–H groups in total. The summed E-state index contributed by atoms with van der Waals surface area (Å²) in [6.07, 6.45) is 3.45. The van der Waals surface area contributed by atoms with Crippen molar-refractivity contribution >= 4 is 11.8 Å². The standard InChI is InChI=1S/C12H23N3O2/c1-3-13-11(16)7-8-14-12(17)10-6-4-5-9(2)15-10/h9-10,15H,3-8H2,1-2H3,(H,13,16)(H,14,17). The largest absolute Gasteiger partial charge is 0.356 e. The van der Waals surface area contributed by atoms with Crippen molar-refractivity contribution in [2.45, 2.75) is 51.6 Å². The normalized spacial score (nSPS) is 24.1. The summed E-state index contributed by atoms with van der Waals surface area (Å²) in [5, 5.41) is 8.77. The SMILES string of the molecule is CCNC(=O)CCNC(=O)C1CCCC(C)N1. The van der Waals surface area contributed by atoms with Crippen LogP contribution in [0.15, 0.2) is 0 Å². The maximum Gasteiger partial charge on any atom is 0.237 e. The molecule has 17 heavy (non-hydrogen) atoms. The summed E-state index contributed by atoms with van der Waals surface area (Å²) in [7, 11) is 0. The molecule has 2 atom stereocenters. The van der Waals surface area contributed by atoms with E-state index in [-0.39, 0.29) is 17.9 Å². The van der Waals surface area contributed by atoms with Crippen molar-refractivity contribution in [1.82, 2.24) is 16.0 Å². The molecular weight excluding hydrogens is 218 g/mol. The highest BCUT2D eigenvalue weighted by Gasteiger charge is 2.23. The first kappa shape index (κ1) is 14.0. The zero-order valence-electron chi connectivity index (χ0n) is 10.7. The van der Waals surface area contributed by atoms with Crippen LogP contribution in [0, 0.1) is 0 Å². The van der Waals surface area contributed by atoms with Crippen LogP contribution in [0.2, 0.25) is 0 Å². The molecule has 0 radical (unpaired) electrons. The Morgan fingerprint density at radius 2 is 2.06 bits per heavy atom. The quantitative estimate of drug-likeness (QED) is 0.642. The molecule has 0 spiro atoms. The molecule has 0 aromatic heterocycles. The fourth-order valence-electron chi connectivity index (χ4n) is 2.05. The summed E-state index contributed by atoms with van der Waals surface area (Å²) >= 11 is 0. The Kier molecular flexibility index (Phi) is 5.97. The van der Waals surface area contributed by atoms with Gasteiger partial charge in [-0.1, -0.05) is 0 Å². The Morgan fingerprint density at radius 1 is 1.29 bits per heavy atom. The Bertz CT molecular complexity index is 268. The van der Waals surface area contributed by atoms with E-state index in [2.05, 4.69) is 22.9 Å². The van der Waals surface area contributed by atoms with Crippen LogP contribution in [0.3, 0.4) is 0 Å². The fourth-order valence-corrected chi connectivity index (χ4v) is 2.05. The zero-order valence-corrected chi connectivity index (χ0v) is 10.7. The maximum absolute atomic E-state index is 11.8. The molecular formula is C12H23N3O2. The van der Waals surface area contributed by atoms with E-state index in [1.165, 1.54) is 0 Å². The molecule has 5 heteroatoms. The van der Waals surface area contributed by atoms with Gasteiger partial charge in [0, 0.05) is 25.6 Å². The first-order valence-corrected chi connectivity index (χ1v) is 6.44. The minimum atomic E-state index is -0.0898. The lowest BCUT2D eigenvalue weighted by atomic mass is 9.99. The topological polar surface area (TPSA) is 70.2 Å². The smallest absolute Gasteiger partial charge is 0.237 e. The van der Waals surface area contributed by atoms with Crippen LogP contribution < -0.4 is 16.0 Å². The molecule has 0 aromatic carbocycles. The fraction of sp³-hybridized carbons (Fsp3) is 0.833. The van der Waals surface area contributed by atoms with Gasteiger partial charge in [-0.3, -0.25) is 9.59 Å². The van der Waals surface area contributed by atoms with Gasteiger partial charge in [-0.25, -0.2) is 0 Å². The van der Waals surface area contributed by atoms with Crippen LogP contribution in [-0.2, 0) is 9.59 Å². The van der Waals surface area contributed by atoms with Crippen LogP contribution in [0.25, 0.3) is 0 Å². The Hall–Kier alpha value is -1.10. The van der Waals surface area contributed by atoms with Gasteiger partial charge in [0.1, 0.15) is 0 Å². The van der Waals surface area contributed by atoms with Crippen molar-refractivity contribution in [2.75, 3.05) is 13.1 Å². The Morgan fingerprint density at radius 3 is 2.71 bits per heavy atom. The van der Waals surface area contributed by atoms with E-state index in [4.69, 9.17) is 0 Å². The van der Waals surface area contributed by atoms with Gasteiger partial charge in [0.05, 0.1) is 6.04 Å². The average Bonchev–Trinajstić information content (AvgIpc) is 2.29. The van der Waals surface area contributed by atoms with E-state index >= 15 is 0 Å². The number of piperidine rings is 1. The van der Waals surface area contributed by atoms with Crippen molar-refractivity contribution in [3.63, 3.8) is 0 Å². The molecule has 1 heterocycles. The van der Waals surface area contributed by atoms with E-state index in [0.29, 0.717) is 25.6 Å². The van der Waals surface area contributed by atoms with Gasteiger partial charge >= 0.3 is 0 Å². The molecule has 1 saturated heterocycles. The summed E-state index contributed by atoms with van der Waals surface area (Å²) in [5.41, 5.74) is 0. The number of amides is 2. The first-order valence-electron chi connectivity index (χ1n) is 6.44. The van der Waals surface area contributed by atoms with Crippen LogP contribution in [0.4, 0.5) is 0 Å². The van der Waals surface area contributed by atoms with Crippen molar-refractivity contribution in [2.24, 2.45) is 0 Å². The molecule has 1 aliphatic heterocycles. The van der Waals surface area contributed by atoms with Crippen molar-refractivity contribution in [1.29, 1.82) is 0 Å². The predicted octanol–water partition coefficient (Wildman–Crippen LogP) is 0.159. The molecule has 0 saturated carbocycles. The summed E-state index contributed by atoms with van der Waals surface area (Å²) in [4.78, 5) is 23.0. The molecule has 2 unspecified atom stereocenters. The van der Waals surface area contributed by atoms with E-state index < -0.39 is 0 Å². The molecule has 2 amide bonds. The van der Waals surface area contributed by atoms with Gasteiger partial charge in [0.15, 0.2) is 0 Å². The lowest BCUT2D eigenvalue weighted by molar-refractivity contribution is -0.124. The van der Waals surface area contributed by atoms with Gasteiger partial charge < -0.3 is 16.0 Å². The van der Waals surface area contributed by atoms with Gasteiger partial charge in [0.25, 0.3) is 0 Å². The summed E-state index contributed by atoms with van der Waals surface area (Å²) < 4.78 is 0. The van der Waals surface area contributed by atoms with E-state index in [1.807, 2.05) is 6.92 Å². The lowest BCUT2D eigenvalue weighted by Gasteiger charge is -2.27. The van der Waals surface area contributed by atoms with Gasteiger partial charge in [-0.05, 0) is 33.1 Å². The second-order valence-corrected chi connectivity index (χ2v) is 4.55. The number of rotatable bonds is 5. The van der Waals surface area contributed by atoms with Crippen molar-refractivity contribution in [3.8, 4) is 0 Å². The number of hydrogen-bond donors (Lipinski definition) is 3. The van der Waals surface area contributed by atoms with Gasteiger partial charge in [0.2, 0.25) is 11.8 Å². The molecule has 1 rings (SSSR count). The second kappa shape index (κ2) is 7.27. The minimum Gasteiger partial charge on any atom is -0.356 e. The number of hydrogen-bond acceptors (Lipinski definition) is 3. The second-order valence-electron chi connectivity index (χ2n) is 4.55. The average molecular weight is 241 g/mol. The predicted molar refractivity (Wildman–Crippen MR) is 66.5 cm³/mol. The van der Waals surface area contributed by atoms with Crippen LogP contribution in [0.1, 0.15) is 39.5 Å². The van der Waals surface area contributed by atoms with Crippen LogP contribution in [-0.4, -0.2) is 37.0 Å². The molecule has 1 aliphatic rings. The summed E-state index contributed by atoms with van der Waals surface area (Å²) in [5.74, 6) is -0.00128. The lowest BCUT2D eigenvalue weighted by Crippen LogP contribution is -2.50. The van der Waals surface area contributed by atoms with E-state index in [0.717, 1.165) is 19.3 Å². The Labute approximate surface area is 103 Å². The zero-order chi connectivity index (χ0) is 12.7. The number of nitrogens with one attached hydrogen (secondary N) is 3. The summed E-state index contributed by atoms with van der Waals surface area (Å²) in [6, 6.07) is 0.316. The van der Waals surface area contributed by atoms with Gasteiger partial charge in [-0.15, -0.1) is 0 Å². The minimum absolute atomic E-state index is 0.0147. The molecule has 1 fully saturated rings. The van der Waals surface area contributed by atoms with Crippen molar-refractivity contribution in [3.05, 3.63) is 0 Å². The number of carbonyl (C=O) groups is 2. The highest BCUT2D eigenvalue weighted by Crippen LogP contribution is 2.12. The number of carbonyl (C=O) groups excluding carboxylic acids is 2. The third-order valence-corrected chi connectivity index (χ3v) is 2.96. The molecule has 0 aromatic rings. The third kappa shape index (κ3) is 5.17. The maximum atomic E-state index is 11.8. The monoisotopic (exact) mass is 241 g/mol. The molecule has 5 nitrogen and oxygen atoms in total. The third-order valence-electron chi connectivity index (χ3n) is 2.96. The van der Waals surface area contributed by atoms with E-state index in [1.54, 1.807) is 0 Å². The first-order chi connectivity index (χ1) is 8.13. The van der Waals surface area contributed by atoms with E-state index in [9.17, 15) is 9.59 Å². The van der Waals surface area contributed by atoms with Crippen molar-refractivity contribution < 1.29 is 9.59 Å². The van der Waals surface area contributed by atoms with Gasteiger partial charge in [-0.2, -0.15) is 0 Å².